The van der Waals surface area contributed by atoms with Gasteiger partial charge in [-0.2, -0.15) is 4.98 Å². The maximum atomic E-state index is 13.1. The van der Waals surface area contributed by atoms with E-state index in [1.807, 2.05) is 13.8 Å². The fourth-order valence-electron chi connectivity index (χ4n) is 3.81. The molecule has 0 bridgehead atoms. The highest BCUT2D eigenvalue weighted by molar-refractivity contribution is 5.92. The van der Waals surface area contributed by atoms with Crippen LogP contribution in [-0.4, -0.2) is 39.5 Å². The van der Waals surface area contributed by atoms with Gasteiger partial charge in [-0.05, 0) is 48.9 Å². The predicted molar refractivity (Wildman–Crippen MR) is 119 cm³/mol. The van der Waals surface area contributed by atoms with Gasteiger partial charge in [0.15, 0.2) is 0 Å². The van der Waals surface area contributed by atoms with Gasteiger partial charge in [0.05, 0.1) is 25.1 Å². The lowest BCUT2D eigenvalue weighted by molar-refractivity contribution is 0.0694. The third-order valence-corrected chi connectivity index (χ3v) is 5.61. The molecule has 0 radical (unpaired) electrons. The van der Waals surface area contributed by atoms with Crippen LogP contribution in [0.15, 0.2) is 41.3 Å². The van der Waals surface area contributed by atoms with E-state index in [0.29, 0.717) is 30.7 Å². The summed E-state index contributed by atoms with van der Waals surface area (Å²) in [4.78, 5) is 29.2. The molecule has 170 valence electrons. The molecule has 7 nitrogen and oxygen atoms in total. The van der Waals surface area contributed by atoms with Gasteiger partial charge in [-0.25, -0.2) is 9.18 Å². The Morgan fingerprint density at radius 3 is 2.47 bits per heavy atom. The minimum atomic E-state index is -1.33. The number of halogens is 1. The van der Waals surface area contributed by atoms with Crippen molar-refractivity contribution in [2.75, 3.05) is 13.7 Å². The molecule has 8 heteroatoms. The number of methoxy groups -OCH3 is 1. The standard InChI is InChI=1S/C24H27FN2O5/c1-14(2)20(13-28)27-12-19(24(30)31)21(29)18-11-16(23(32-3)26-22(18)27)6-4-5-15-7-9-17(25)10-8-15/h7-12,14,20,28H,4-6,13H2,1-3H3,(H,30,31)/t20-/m1/s1. The first-order valence-corrected chi connectivity index (χ1v) is 10.5. The van der Waals surface area contributed by atoms with Crippen LogP contribution in [0.4, 0.5) is 4.39 Å². The average molecular weight is 442 g/mol. The van der Waals surface area contributed by atoms with Gasteiger partial charge in [0.2, 0.25) is 11.3 Å². The minimum absolute atomic E-state index is 0.0319. The summed E-state index contributed by atoms with van der Waals surface area (Å²) in [6, 6.07) is 7.45. The lowest BCUT2D eigenvalue weighted by atomic mass is 10.0. The van der Waals surface area contributed by atoms with E-state index in [4.69, 9.17) is 4.74 Å². The number of hydrogen-bond donors (Lipinski definition) is 2. The topological polar surface area (TPSA) is 102 Å². The van der Waals surface area contributed by atoms with Crippen molar-refractivity contribution in [3.63, 3.8) is 0 Å². The molecule has 0 aliphatic heterocycles. The number of aliphatic hydroxyl groups is 1. The van der Waals surface area contributed by atoms with E-state index >= 15 is 0 Å². The van der Waals surface area contributed by atoms with Crippen molar-refractivity contribution in [1.29, 1.82) is 0 Å². The van der Waals surface area contributed by atoms with Crippen molar-refractivity contribution in [3.05, 3.63) is 69.3 Å². The number of aromatic carboxylic acids is 1. The van der Waals surface area contributed by atoms with Gasteiger partial charge >= 0.3 is 5.97 Å². The van der Waals surface area contributed by atoms with Crippen LogP contribution in [0.2, 0.25) is 0 Å². The number of nitrogens with zero attached hydrogens (tertiary/aromatic N) is 2. The fourth-order valence-corrected chi connectivity index (χ4v) is 3.81. The minimum Gasteiger partial charge on any atom is -0.481 e. The summed E-state index contributed by atoms with van der Waals surface area (Å²) in [6.45, 7) is 3.55. The molecule has 3 aromatic rings. The number of carboxylic acid groups (broad SMARTS) is 1. The number of hydrogen-bond acceptors (Lipinski definition) is 5. The smallest absolute Gasteiger partial charge is 0.341 e. The Hall–Kier alpha value is -3.26. The van der Waals surface area contributed by atoms with Crippen LogP contribution in [0.5, 0.6) is 5.88 Å². The first-order chi connectivity index (χ1) is 15.3. The molecule has 0 amide bonds. The second kappa shape index (κ2) is 9.91. The number of aliphatic hydroxyl groups excluding tert-OH is 1. The number of aromatic nitrogens is 2. The molecule has 3 rings (SSSR count). The molecule has 2 heterocycles. The normalized spacial score (nSPS) is 12.3. The summed E-state index contributed by atoms with van der Waals surface area (Å²) >= 11 is 0. The molecule has 0 saturated carbocycles. The lowest BCUT2D eigenvalue weighted by Gasteiger charge is -2.24. The molecule has 0 unspecified atom stereocenters. The summed E-state index contributed by atoms with van der Waals surface area (Å²) in [7, 11) is 1.48. The highest BCUT2D eigenvalue weighted by atomic mass is 19.1. The van der Waals surface area contributed by atoms with E-state index in [9.17, 15) is 24.2 Å². The van der Waals surface area contributed by atoms with Crippen LogP contribution in [0.1, 0.15) is 47.8 Å². The Bertz CT molecular complexity index is 1170. The third-order valence-electron chi connectivity index (χ3n) is 5.61. The molecule has 0 saturated heterocycles. The second-order valence-electron chi connectivity index (χ2n) is 8.09. The zero-order valence-corrected chi connectivity index (χ0v) is 18.3. The first kappa shape index (κ1) is 23.4. The van der Waals surface area contributed by atoms with Gasteiger partial charge in [-0.1, -0.05) is 26.0 Å². The Labute approximate surface area is 185 Å². The Morgan fingerprint density at radius 1 is 1.22 bits per heavy atom. The van der Waals surface area contributed by atoms with E-state index in [2.05, 4.69) is 4.98 Å². The molecular formula is C24H27FN2O5. The first-order valence-electron chi connectivity index (χ1n) is 10.5. The predicted octanol–water partition coefficient (Wildman–Crippen LogP) is 3.61. The molecule has 0 aliphatic carbocycles. The van der Waals surface area contributed by atoms with E-state index < -0.39 is 17.4 Å². The maximum Gasteiger partial charge on any atom is 0.341 e. The molecule has 2 N–H and O–H groups in total. The summed E-state index contributed by atoms with van der Waals surface area (Å²) in [5.41, 5.74) is 0.933. The molecule has 32 heavy (non-hydrogen) atoms. The third kappa shape index (κ3) is 4.80. The Morgan fingerprint density at radius 2 is 1.91 bits per heavy atom. The van der Waals surface area contributed by atoms with Crippen molar-refractivity contribution in [2.45, 2.75) is 39.2 Å². The van der Waals surface area contributed by atoms with Crippen molar-refractivity contribution in [1.82, 2.24) is 9.55 Å². The number of benzene rings is 1. The number of carbonyl (C=O) groups is 1. The zero-order chi connectivity index (χ0) is 23.4. The van der Waals surface area contributed by atoms with Crippen molar-refractivity contribution in [2.24, 2.45) is 5.92 Å². The largest absolute Gasteiger partial charge is 0.481 e. The monoisotopic (exact) mass is 442 g/mol. The van der Waals surface area contributed by atoms with Gasteiger partial charge in [-0.15, -0.1) is 0 Å². The number of carboxylic acids is 1. The van der Waals surface area contributed by atoms with Gasteiger partial charge in [0.1, 0.15) is 17.0 Å². The van der Waals surface area contributed by atoms with E-state index in [0.717, 1.165) is 5.56 Å². The van der Waals surface area contributed by atoms with E-state index in [1.165, 1.54) is 25.4 Å². The number of fused-ring (bicyclic) bond motifs is 1. The summed E-state index contributed by atoms with van der Waals surface area (Å²) in [5, 5.41) is 19.6. The van der Waals surface area contributed by atoms with Crippen LogP contribution >= 0.6 is 0 Å². The van der Waals surface area contributed by atoms with Crippen LogP contribution in [0, 0.1) is 11.7 Å². The maximum absolute atomic E-state index is 13.1. The zero-order valence-electron chi connectivity index (χ0n) is 18.3. The summed E-state index contributed by atoms with van der Waals surface area (Å²) < 4.78 is 20.1. The van der Waals surface area contributed by atoms with Gasteiger partial charge < -0.3 is 19.5 Å². The molecule has 2 aromatic heterocycles. The van der Waals surface area contributed by atoms with Crippen LogP contribution in [0.25, 0.3) is 11.0 Å². The van der Waals surface area contributed by atoms with Crippen molar-refractivity contribution >= 4 is 17.0 Å². The molecule has 1 aromatic carbocycles. The SMILES string of the molecule is COc1nc2c(cc1CCCc1ccc(F)cc1)c(=O)c(C(=O)O)cn2[C@H](CO)C(C)C. The molecule has 0 fully saturated rings. The fraction of sp³-hybridized carbons (Fsp3) is 0.375. The molecule has 0 spiro atoms. The summed E-state index contributed by atoms with van der Waals surface area (Å²) in [5.74, 6) is -1.31. The molecular weight excluding hydrogens is 415 g/mol. The number of ether oxygens (including phenoxy) is 1. The van der Waals surface area contributed by atoms with Gasteiger partial charge in [0, 0.05) is 11.8 Å². The number of rotatable bonds is 9. The summed E-state index contributed by atoms with van der Waals surface area (Å²) in [6.07, 6.45) is 3.18. The average Bonchev–Trinajstić information content (AvgIpc) is 2.76. The number of aryl methyl sites for hydroxylation is 2. The van der Waals surface area contributed by atoms with E-state index in [-0.39, 0.29) is 34.9 Å². The molecule has 1 atom stereocenters. The Kier molecular flexibility index (Phi) is 7.25. The van der Waals surface area contributed by atoms with Gasteiger partial charge in [-0.3, -0.25) is 4.79 Å². The Balaban J connectivity index is 2.06. The van der Waals surface area contributed by atoms with Crippen LogP contribution in [0.3, 0.4) is 0 Å². The van der Waals surface area contributed by atoms with E-state index in [1.54, 1.807) is 22.8 Å². The molecule has 0 aliphatic rings. The van der Waals surface area contributed by atoms with Crippen molar-refractivity contribution < 1.29 is 24.1 Å². The second-order valence-corrected chi connectivity index (χ2v) is 8.09. The quantitative estimate of drug-likeness (QED) is 0.525. The highest BCUT2D eigenvalue weighted by Gasteiger charge is 2.23. The van der Waals surface area contributed by atoms with Crippen LogP contribution < -0.4 is 10.2 Å². The number of pyridine rings is 2. The highest BCUT2D eigenvalue weighted by Crippen LogP contribution is 2.27. The van der Waals surface area contributed by atoms with Gasteiger partial charge in [0.25, 0.3) is 0 Å². The lowest BCUT2D eigenvalue weighted by Crippen LogP contribution is -2.26. The van der Waals surface area contributed by atoms with Crippen LogP contribution in [-0.2, 0) is 12.8 Å². The van der Waals surface area contributed by atoms with Crippen molar-refractivity contribution in [3.8, 4) is 5.88 Å².